The van der Waals surface area contributed by atoms with Gasteiger partial charge in [0.15, 0.2) is 0 Å². The molecule has 0 saturated heterocycles. The number of amides is 1. The van der Waals surface area contributed by atoms with Gasteiger partial charge in [-0.05, 0) is 36.8 Å². The Morgan fingerprint density at radius 1 is 1.43 bits per heavy atom. The Labute approximate surface area is 128 Å². The van der Waals surface area contributed by atoms with Crippen LogP contribution in [0.1, 0.15) is 21.6 Å². The summed E-state index contributed by atoms with van der Waals surface area (Å²) in [5, 5.41) is 3.38. The van der Waals surface area contributed by atoms with Gasteiger partial charge in [-0.15, -0.1) is 0 Å². The van der Waals surface area contributed by atoms with Crippen molar-refractivity contribution in [3.8, 4) is 11.8 Å². The molecule has 0 radical (unpaired) electrons. The third-order valence-electron chi connectivity index (χ3n) is 3.01. The van der Waals surface area contributed by atoms with Gasteiger partial charge in [0, 0.05) is 24.5 Å². The third kappa shape index (κ3) is 3.66. The van der Waals surface area contributed by atoms with Crippen molar-refractivity contribution in [1.82, 2.24) is 4.57 Å². The molecule has 0 aliphatic carbocycles. The number of nitrogens with two attached hydrogens (primary N) is 1. The summed E-state index contributed by atoms with van der Waals surface area (Å²) < 4.78 is 1.69. The maximum absolute atomic E-state index is 12.2. The molecular formula is C16H16ClN3O. The highest BCUT2D eigenvalue weighted by Gasteiger charge is 2.11. The first-order valence-electron chi connectivity index (χ1n) is 6.44. The number of carbonyl (C=O) groups excluding carboxylic acids is 1. The van der Waals surface area contributed by atoms with Gasteiger partial charge in [-0.25, -0.2) is 0 Å². The lowest BCUT2D eigenvalue weighted by Gasteiger charge is -2.08. The second-order valence-corrected chi connectivity index (χ2v) is 5.08. The summed E-state index contributed by atoms with van der Waals surface area (Å²) in [4.78, 5) is 12.2. The third-order valence-corrected chi connectivity index (χ3v) is 3.22. The summed E-state index contributed by atoms with van der Waals surface area (Å²) in [6, 6.07) is 7.19. The van der Waals surface area contributed by atoms with Crippen LogP contribution in [0.3, 0.4) is 0 Å². The van der Waals surface area contributed by atoms with Gasteiger partial charge in [-0.2, -0.15) is 0 Å². The minimum Gasteiger partial charge on any atom is -0.345 e. The van der Waals surface area contributed by atoms with E-state index in [2.05, 4.69) is 17.2 Å². The van der Waals surface area contributed by atoms with Crippen molar-refractivity contribution in [3.05, 3.63) is 52.3 Å². The molecule has 1 heterocycles. The van der Waals surface area contributed by atoms with Gasteiger partial charge in [0.05, 0.1) is 11.6 Å². The minimum absolute atomic E-state index is 0.204. The molecule has 0 aliphatic heterocycles. The summed E-state index contributed by atoms with van der Waals surface area (Å²) in [7, 11) is 1.78. The second-order valence-electron chi connectivity index (χ2n) is 4.64. The maximum Gasteiger partial charge on any atom is 0.272 e. The van der Waals surface area contributed by atoms with Gasteiger partial charge in [-0.1, -0.05) is 23.4 Å². The lowest BCUT2D eigenvalue weighted by molar-refractivity contribution is 0.101. The summed E-state index contributed by atoms with van der Waals surface area (Å²) in [5.74, 6) is 5.60. The van der Waals surface area contributed by atoms with Crippen LogP contribution in [0.25, 0.3) is 0 Å². The minimum atomic E-state index is -0.204. The van der Waals surface area contributed by atoms with Gasteiger partial charge >= 0.3 is 0 Å². The summed E-state index contributed by atoms with van der Waals surface area (Å²) in [5.41, 5.74) is 8.47. The Hall–Kier alpha value is -2.22. The number of nitrogens with zero attached hydrogens (tertiary/aromatic N) is 1. The van der Waals surface area contributed by atoms with Crippen molar-refractivity contribution in [2.45, 2.75) is 6.92 Å². The number of halogens is 1. The molecule has 1 aromatic heterocycles. The van der Waals surface area contributed by atoms with E-state index < -0.39 is 0 Å². The van der Waals surface area contributed by atoms with Crippen LogP contribution in [0.2, 0.25) is 5.02 Å². The van der Waals surface area contributed by atoms with Crippen molar-refractivity contribution in [1.29, 1.82) is 0 Å². The quantitative estimate of drug-likeness (QED) is 0.838. The van der Waals surface area contributed by atoms with Crippen molar-refractivity contribution in [3.63, 3.8) is 0 Å². The standard InChI is InChI=1S/C16H16ClN3O/c1-11-8-14(6-5-12(11)4-3-7-18)19-16(21)15-9-13(17)10-20(15)2/h5-6,8-10H,7,18H2,1-2H3,(H,19,21). The number of carbonyl (C=O) groups is 1. The molecule has 0 unspecified atom stereocenters. The van der Waals surface area contributed by atoms with E-state index in [9.17, 15) is 4.79 Å². The Bertz CT molecular complexity index is 738. The Morgan fingerprint density at radius 3 is 2.76 bits per heavy atom. The number of rotatable bonds is 2. The highest BCUT2D eigenvalue weighted by atomic mass is 35.5. The van der Waals surface area contributed by atoms with Crippen LogP contribution in [0.15, 0.2) is 30.5 Å². The molecule has 0 atom stereocenters. The number of aromatic nitrogens is 1. The van der Waals surface area contributed by atoms with Gasteiger partial charge in [0.2, 0.25) is 0 Å². The van der Waals surface area contributed by atoms with E-state index in [0.29, 0.717) is 22.9 Å². The average Bonchev–Trinajstić information content (AvgIpc) is 2.77. The predicted octanol–water partition coefficient (Wildman–Crippen LogP) is 2.55. The molecule has 21 heavy (non-hydrogen) atoms. The van der Waals surface area contributed by atoms with Crippen LogP contribution < -0.4 is 11.1 Å². The van der Waals surface area contributed by atoms with Crippen molar-refractivity contribution in [2.24, 2.45) is 12.8 Å². The van der Waals surface area contributed by atoms with E-state index in [4.69, 9.17) is 17.3 Å². The van der Waals surface area contributed by atoms with E-state index in [1.807, 2.05) is 25.1 Å². The van der Waals surface area contributed by atoms with E-state index in [1.165, 1.54) is 0 Å². The zero-order valence-electron chi connectivity index (χ0n) is 11.9. The molecule has 4 nitrogen and oxygen atoms in total. The van der Waals surface area contributed by atoms with Gasteiger partial charge in [0.1, 0.15) is 5.69 Å². The highest BCUT2D eigenvalue weighted by Crippen LogP contribution is 2.17. The fraction of sp³-hybridized carbons (Fsp3) is 0.188. The smallest absolute Gasteiger partial charge is 0.272 e. The fourth-order valence-electron chi connectivity index (χ4n) is 1.97. The van der Waals surface area contributed by atoms with Crippen molar-refractivity contribution >= 4 is 23.2 Å². The molecule has 2 rings (SSSR count). The highest BCUT2D eigenvalue weighted by molar-refractivity contribution is 6.31. The maximum atomic E-state index is 12.2. The summed E-state index contributed by atoms with van der Waals surface area (Å²) >= 11 is 5.88. The Morgan fingerprint density at radius 2 is 2.19 bits per heavy atom. The topological polar surface area (TPSA) is 60.0 Å². The van der Waals surface area contributed by atoms with E-state index in [1.54, 1.807) is 23.9 Å². The fourth-order valence-corrected chi connectivity index (χ4v) is 2.22. The zero-order chi connectivity index (χ0) is 15.4. The Kier molecular flexibility index (Phi) is 4.69. The lowest BCUT2D eigenvalue weighted by atomic mass is 10.1. The molecule has 0 spiro atoms. The van der Waals surface area contributed by atoms with Crippen LogP contribution in [0.5, 0.6) is 0 Å². The van der Waals surface area contributed by atoms with Crippen LogP contribution in [-0.4, -0.2) is 17.0 Å². The summed E-state index contributed by atoms with van der Waals surface area (Å²) in [6.07, 6.45) is 1.69. The van der Waals surface area contributed by atoms with Crippen molar-refractivity contribution < 1.29 is 4.79 Å². The number of hydrogen-bond acceptors (Lipinski definition) is 2. The van der Waals surface area contributed by atoms with E-state index in [-0.39, 0.29) is 5.91 Å². The largest absolute Gasteiger partial charge is 0.345 e. The number of benzene rings is 1. The van der Waals surface area contributed by atoms with Gasteiger partial charge in [0.25, 0.3) is 5.91 Å². The van der Waals surface area contributed by atoms with Crippen LogP contribution >= 0.6 is 11.6 Å². The first-order chi connectivity index (χ1) is 10.0. The molecule has 5 heteroatoms. The molecule has 0 fully saturated rings. The SMILES string of the molecule is Cc1cc(NC(=O)c2cc(Cl)cn2C)ccc1C#CCN. The van der Waals surface area contributed by atoms with Crippen LogP contribution in [0.4, 0.5) is 5.69 Å². The molecule has 1 amide bonds. The number of hydrogen-bond donors (Lipinski definition) is 2. The van der Waals surface area contributed by atoms with Crippen molar-refractivity contribution in [2.75, 3.05) is 11.9 Å². The number of anilines is 1. The molecule has 0 bridgehead atoms. The lowest BCUT2D eigenvalue weighted by Crippen LogP contribution is -2.15. The van der Waals surface area contributed by atoms with Gasteiger partial charge in [-0.3, -0.25) is 4.79 Å². The molecule has 3 N–H and O–H groups in total. The first kappa shape index (κ1) is 15.2. The molecule has 2 aromatic rings. The van der Waals surface area contributed by atoms with E-state index >= 15 is 0 Å². The number of nitrogens with one attached hydrogen (secondary N) is 1. The normalized spacial score (nSPS) is 9.90. The number of aryl methyl sites for hydroxylation is 2. The van der Waals surface area contributed by atoms with E-state index in [0.717, 1.165) is 11.1 Å². The summed E-state index contributed by atoms with van der Waals surface area (Å²) in [6.45, 7) is 2.27. The predicted molar refractivity (Wildman–Crippen MR) is 85.5 cm³/mol. The van der Waals surface area contributed by atoms with Crippen LogP contribution in [-0.2, 0) is 7.05 Å². The second kappa shape index (κ2) is 6.49. The zero-order valence-corrected chi connectivity index (χ0v) is 12.7. The molecule has 1 aromatic carbocycles. The van der Waals surface area contributed by atoms with Crippen LogP contribution in [0, 0.1) is 18.8 Å². The average molecular weight is 302 g/mol. The monoisotopic (exact) mass is 301 g/mol. The Balaban J connectivity index is 2.18. The van der Waals surface area contributed by atoms with Gasteiger partial charge < -0.3 is 15.6 Å². The molecule has 108 valence electrons. The molecule has 0 aliphatic rings. The molecular weight excluding hydrogens is 286 g/mol. The first-order valence-corrected chi connectivity index (χ1v) is 6.82. The molecule has 0 saturated carbocycles.